The van der Waals surface area contributed by atoms with Crippen LogP contribution in [-0.4, -0.2) is 20.6 Å². The average Bonchev–Trinajstić information content (AvgIpc) is 2.74. The van der Waals surface area contributed by atoms with Gasteiger partial charge in [0.25, 0.3) is 0 Å². The molecule has 4 heteroatoms. The molecule has 1 heterocycles. The zero-order chi connectivity index (χ0) is 12.7. The van der Waals surface area contributed by atoms with Crippen LogP contribution in [0, 0.1) is 5.41 Å². The van der Waals surface area contributed by atoms with Crippen LogP contribution in [0.15, 0.2) is 12.7 Å². The molecule has 0 unspecified atom stereocenters. The van der Waals surface area contributed by atoms with Crippen molar-refractivity contribution in [3.8, 4) is 0 Å². The summed E-state index contributed by atoms with van der Waals surface area (Å²) in [4.78, 5) is 4.05. The smallest absolute Gasteiger partial charge is 0.137 e. The van der Waals surface area contributed by atoms with Crippen LogP contribution in [0.25, 0.3) is 0 Å². The van der Waals surface area contributed by atoms with Gasteiger partial charge in [0.15, 0.2) is 0 Å². The fraction of sp³-hybridized carbons (Fsp3) is 0.846. The quantitative estimate of drug-likeness (QED) is 0.545. The number of nitrogens with zero attached hydrogens (tertiary/aromatic N) is 3. The highest BCUT2D eigenvalue weighted by molar-refractivity contribution is 6.17. The van der Waals surface area contributed by atoms with Crippen molar-refractivity contribution in [3.05, 3.63) is 12.7 Å². The maximum atomic E-state index is 5.70. The molecule has 98 valence electrons. The molecule has 0 N–H and O–H groups in total. The van der Waals surface area contributed by atoms with Gasteiger partial charge in [-0.05, 0) is 24.7 Å². The third kappa shape index (κ3) is 6.06. The molecule has 0 amide bonds. The van der Waals surface area contributed by atoms with E-state index in [2.05, 4.69) is 30.9 Å². The fourth-order valence-electron chi connectivity index (χ4n) is 2.09. The van der Waals surface area contributed by atoms with Gasteiger partial charge < -0.3 is 0 Å². The van der Waals surface area contributed by atoms with Gasteiger partial charge in [-0.1, -0.05) is 33.6 Å². The zero-order valence-corrected chi connectivity index (χ0v) is 12.0. The van der Waals surface area contributed by atoms with Crippen molar-refractivity contribution >= 4 is 11.6 Å². The highest BCUT2D eigenvalue weighted by atomic mass is 35.5. The van der Waals surface area contributed by atoms with Crippen LogP contribution < -0.4 is 0 Å². The van der Waals surface area contributed by atoms with Crippen molar-refractivity contribution in [3.63, 3.8) is 0 Å². The SMILES string of the molecule is CC(C)(C)C[C@H](CCCCCCl)n1cncn1. The molecular weight excluding hydrogens is 234 g/mol. The summed E-state index contributed by atoms with van der Waals surface area (Å²) in [5.74, 6) is 0.771. The first-order chi connectivity index (χ1) is 8.03. The molecule has 0 aliphatic rings. The van der Waals surface area contributed by atoms with Gasteiger partial charge in [0.2, 0.25) is 0 Å². The van der Waals surface area contributed by atoms with Gasteiger partial charge in [-0.25, -0.2) is 9.67 Å². The van der Waals surface area contributed by atoms with E-state index in [1.165, 1.54) is 12.8 Å². The first-order valence-corrected chi connectivity index (χ1v) is 6.96. The van der Waals surface area contributed by atoms with E-state index in [1.54, 1.807) is 6.33 Å². The first-order valence-electron chi connectivity index (χ1n) is 6.43. The lowest BCUT2D eigenvalue weighted by atomic mass is 9.86. The third-order valence-electron chi connectivity index (χ3n) is 2.83. The van der Waals surface area contributed by atoms with E-state index in [1.807, 2.05) is 11.0 Å². The second kappa shape index (κ2) is 7.00. The highest BCUT2D eigenvalue weighted by Crippen LogP contribution is 2.30. The topological polar surface area (TPSA) is 30.7 Å². The summed E-state index contributed by atoms with van der Waals surface area (Å²) in [7, 11) is 0. The molecular formula is C13H24ClN3. The van der Waals surface area contributed by atoms with Gasteiger partial charge in [0.05, 0.1) is 6.04 Å². The number of rotatable bonds is 7. The van der Waals surface area contributed by atoms with Crippen molar-refractivity contribution in [2.75, 3.05) is 5.88 Å². The summed E-state index contributed by atoms with van der Waals surface area (Å²) >= 11 is 5.70. The van der Waals surface area contributed by atoms with Gasteiger partial charge >= 0.3 is 0 Å². The minimum Gasteiger partial charge on any atom is -0.250 e. The third-order valence-corrected chi connectivity index (χ3v) is 3.10. The minimum absolute atomic E-state index is 0.323. The molecule has 0 radical (unpaired) electrons. The van der Waals surface area contributed by atoms with Crippen LogP contribution in [0.3, 0.4) is 0 Å². The standard InChI is InChI=1S/C13H24ClN3/c1-13(2,3)9-12(7-5-4-6-8-14)17-11-15-10-16-17/h10-12H,4-9H2,1-3H3/t12-/m0/s1. The van der Waals surface area contributed by atoms with Gasteiger partial charge in [0.1, 0.15) is 12.7 Å². The number of unbranched alkanes of at least 4 members (excludes halogenated alkanes) is 2. The Labute approximate surface area is 110 Å². The molecule has 3 nitrogen and oxygen atoms in total. The lowest BCUT2D eigenvalue weighted by Gasteiger charge is -2.26. The van der Waals surface area contributed by atoms with Crippen LogP contribution in [-0.2, 0) is 0 Å². The van der Waals surface area contributed by atoms with Crippen molar-refractivity contribution in [2.24, 2.45) is 5.41 Å². The first kappa shape index (κ1) is 14.5. The number of hydrogen-bond acceptors (Lipinski definition) is 2. The van der Waals surface area contributed by atoms with E-state index in [0.29, 0.717) is 11.5 Å². The Morgan fingerprint density at radius 3 is 2.53 bits per heavy atom. The van der Waals surface area contributed by atoms with E-state index < -0.39 is 0 Å². The Balaban J connectivity index is 2.48. The fourth-order valence-corrected chi connectivity index (χ4v) is 2.28. The molecule has 0 aliphatic heterocycles. The molecule has 0 bridgehead atoms. The Bertz CT molecular complexity index is 290. The van der Waals surface area contributed by atoms with Crippen molar-refractivity contribution in [2.45, 2.75) is 58.9 Å². The summed E-state index contributed by atoms with van der Waals surface area (Å²) in [5, 5.41) is 4.28. The van der Waals surface area contributed by atoms with E-state index in [0.717, 1.165) is 25.1 Å². The molecule has 0 saturated heterocycles. The molecule has 0 saturated carbocycles. The second-order valence-electron chi connectivity index (χ2n) is 5.83. The van der Waals surface area contributed by atoms with E-state index in [4.69, 9.17) is 11.6 Å². The van der Waals surface area contributed by atoms with Crippen LogP contribution in [0.4, 0.5) is 0 Å². The van der Waals surface area contributed by atoms with Crippen LogP contribution in [0.2, 0.25) is 0 Å². The summed E-state index contributed by atoms with van der Waals surface area (Å²) in [6.07, 6.45) is 9.29. The lowest BCUT2D eigenvalue weighted by Crippen LogP contribution is -2.18. The number of alkyl halides is 1. The molecule has 0 aromatic carbocycles. The Morgan fingerprint density at radius 2 is 2.00 bits per heavy atom. The summed E-state index contributed by atoms with van der Waals surface area (Å²) in [5.41, 5.74) is 0.323. The van der Waals surface area contributed by atoms with Crippen molar-refractivity contribution < 1.29 is 0 Å². The van der Waals surface area contributed by atoms with E-state index in [9.17, 15) is 0 Å². The number of hydrogen-bond donors (Lipinski definition) is 0. The van der Waals surface area contributed by atoms with E-state index in [-0.39, 0.29) is 0 Å². The van der Waals surface area contributed by atoms with Gasteiger partial charge in [0, 0.05) is 5.88 Å². The van der Waals surface area contributed by atoms with Crippen molar-refractivity contribution in [1.29, 1.82) is 0 Å². The molecule has 1 aromatic heterocycles. The highest BCUT2D eigenvalue weighted by Gasteiger charge is 2.20. The van der Waals surface area contributed by atoms with Gasteiger partial charge in [-0.3, -0.25) is 0 Å². The van der Waals surface area contributed by atoms with Crippen molar-refractivity contribution in [1.82, 2.24) is 14.8 Å². The molecule has 1 atom stereocenters. The zero-order valence-electron chi connectivity index (χ0n) is 11.2. The average molecular weight is 258 g/mol. The minimum atomic E-state index is 0.323. The molecule has 0 spiro atoms. The largest absolute Gasteiger partial charge is 0.250 e. The monoisotopic (exact) mass is 257 g/mol. The Hall–Kier alpha value is -0.570. The normalized spacial score (nSPS) is 13.9. The molecule has 1 aromatic rings. The van der Waals surface area contributed by atoms with Crippen LogP contribution in [0.5, 0.6) is 0 Å². The summed E-state index contributed by atoms with van der Waals surface area (Å²) in [6.45, 7) is 6.82. The molecule has 17 heavy (non-hydrogen) atoms. The van der Waals surface area contributed by atoms with Crippen LogP contribution >= 0.6 is 11.6 Å². The predicted octanol–water partition coefficient (Wildman–Crippen LogP) is 4.05. The lowest BCUT2D eigenvalue weighted by molar-refractivity contribution is 0.262. The predicted molar refractivity (Wildman–Crippen MR) is 72.3 cm³/mol. The Kier molecular flexibility index (Phi) is 5.96. The molecule has 0 fully saturated rings. The summed E-state index contributed by atoms with van der Waals surface area (Å²) < 4.78 is 2.01. The summed E-state index contributed by atoms with van der Waals surface area (Å²) in [6, 6.07) is 0.466. The maximum Gasteiger partial charge on any atom is 0.137 e. The van der Waals surface area contributed by atoms with Crippen LogP contribution in [0.1, 0.15) is 58.9 Å². The van der Waals surface area contributed by atoms with Gasteiger partial charge in [-0.2, -0.15) is 5.10 Å². The second-order valence-corrected chi connectivity index (χ2v) is 6.21. The molecule has 1 rings (SSSR count). The maximum absolute atomic E-state index is 5.70. The Morgan fingerprint density at radius 1 is 1.24 bits per heavy atom. The number of halogens is 1. The van der Waals surface area contributed by atoms with Gasteiger partial charge in [-0.15, -0.1) is 11.6 Å². The number of aromatic nitrogens is 3. The molecule has 0 aliphatic carbocycles. The van der Waals surface area contributed by atoms with E-state index >= 15 is 0 Å².